The summed E-state index contributed by atoms with van der Waals surface area (Å²) in [6, 6.07) is 17.9. The van der Waals surface area contributed by atoms with Crippen LogP contribution in [0.4, 0.5) is 5.82 Å². The lowest BCUT2D eigenvalue weighted by atomic mass is 10.0. The summed E-state index contributed by atoms with van der Waals surface area (Å²) in [4.78, 5) is 31.7. The van der Waals surface area contributed by atoms with E-state index in [-0.39, 0.29) is 23.0 Å². The minimum absolute atomic E-state index is 0.0712. The molecule has 5 rings (SSSR count). The molecule has 1 amide bonds. The first-order valence-electron chi connectivity index (χ1n) is 12.7. The average molecular weight is 521 g/mol. The first-order chi connectivity index (χ1) is 18.9. The average Bonchev–Trinajstić information content (AvgIpc) is 3.28. The maximum Gasteiger partial charge on any atom is 0.264 e. The van der Waals surface area contributed by atoms with Gasteiger partial charge in [-0.25, -0.2) is 9.50 Å². The number of nitrogens with zero attached hydrogens (tertiary/aromatic N) is 4. The maximum atomic E-state index is 14.1. The summed E-state index contributed by atoms with van der Waals surface area (Å²) in [6.45, 7) is 6.16. The molecule has 0 radical (unpaired) electrons. The van der Waals surface area contributed by atoms with Crippen molar-refractivity contribution in [2.45, 2.75) is 32.9 Å². The Morgan fingerprint density at radius 1 is 1.13 bits per heavy atom. The second kappa shape index (κ2) is 10.8. The van der Waals surface area contributed by atoms with Crippen molar-refractivity contribution in [1.29, 1.82) is 0 Å². The fourth-order valence-corrected chi connectivity index (χ4v) is 4.58. The van der Waals surface area contributed by atoms with E-state index in [4.69, 9.17) is 10.5 Å². The molecule has 0 spiro atoms. The molecule has 0 fully saturated rings. The zero-order valence-corrected chi connectivity index (χ0v) is 21.9. The summed E-state index contributed by atoms with van der Waals surface area (Å²) < 4.78 is 8.61. The third-order valence-electron chi connectivity index (χ3n) is 6.36. The molecule has 3 heterocycles. The highest BCUT2D eigenvalue weighted by Gasteiger charge is 2.24. The topological polar surface area (TPSA) is 117 Å². The molecule has 3 N–H and O–H groups in total. The van der Waals surface area contributed by atoms with Gasteiger partial charge >= 0.3 is 0 Å². The predicted molar refractivity (Wildman–Crippen MR) is 151 cm³/mol. The van der Waals surface area contributed by atoms with Crippen LogP contribution in [0.1, 0.15) is 48.4 Å². The Hall–Kier alpha value is -4.94. The van der Waals surface area contributed by atoms with Gasteiger partial charge in [0.15, 0.2) is 11.5 Å². The molecule has 3 aromatic heterocycles. The molecule has 0 aliphatic heterocycles. The highest BCUT2D eigenvalue weighted by atomic mass is 16.5. The Balaban J connectivity index is 1.63. The van der Waals surface area contributed by atoms with Crippen LogP contribution < -0.4 is 16.6 Å². The van der Waals surface area contributed by atoms with Crippen LogP contribution in [0.2, 0.25) is 0 Å². The SMILES string of the molecule is CCOC(C)C#Cc1cccc2cc([C@H](C)NC(=O)c3c(N)nn4cccnc34)n(-c3ccccc3)c(=O)c12. The number of rotatable bonds is 6. The summed E-state index contributed by atoms with van der Waals surface area (Å²) in [6.07, 6.45) is 2.98. The van der Waals surface area contributed by atoms with E-state index >= 15 is 0 Å². The third-order valence-corrected chi connectivity index (χ3v) is 6.36. The number of nitrogen functional groups attached to an aromatic ring is 1. The van der Waals surface area contributed by atoms with Gasteiger partial charge in [-0.05, 0) is 56.5 Å². The molecule has 5 aromatic rings. The predicted octanol–water partition coefficient (Wildman–Crippen LogP) is 3.88. The second-order valence-electron chi connectivity index (χ2n) is 9.03. The summed E-state index contributed by atoms with van der Waals surface area (Å²) >= 11 is 0. The summed E-state index contributed by atoms with van der Waals surface area (Å²) in [5, 5.41) is 8.38. The van der Waals surface area contributed by atoms with E-state index in [2.05, 4.69) is 27.2 Å². The van der Waals surface area contributed by atoms with Gasteiger partial charge in [0.2, 0.25) is 0 Å². The van der Waals surface area contributed by atoms with Crippen molar-refractivity contribution in [3.63, 3.8) is 0 Å². The van der Waals surface area contributed by atoms with Crippen LogP contribution >= 0.6 is 0 Å². The smallest absolute Gasteiger partial charge is 0.264 e. The van der Waals surface area contributed by atoms with Crippen LogP contribution in [0.25, 0.3) is 22.1 Å². The third kappa shape index (κ3) is 4.98. The summed E-state index contributed by atoms with van der Waals surface area (Å²) in [7, 11) is 0. The lowest BCUT2D eigenvalue weighted by Gasteiger charge is -2.21. The fraction of sp³-hybridized carbons (Fsp3) is 0.200. The molecule has 0 aliphatic carbocycles. The molecule has 2 atom stereocenters. The lowest BCUT2D eigenvalue weighted by molar-refractivity contribution is 0.0941. The highest BCUT2D eigenvalue weighted by Crippen LogP contribution is 2.24. The van der Waals surface area contributed by atoms with Crippen molar-refractivity contribution in [2.24, 2.45) is 0 Å². The standard InChI is InChI=1S/C30H28N6O3/c1-4-39-19(2)14-15-21-10-8-11-22-18-24(36(30(38)25(21)22)23-12-6-5-7-13-23)20(3)33-29(37)26-27(31)34-35-17-9-16-32-28(26)35/h5-13,16-20H,4H2,1-3H3,(H2,31,34)(H,33,37)/t19?,20-/m0/s1. The van der Waals surface area contributed by atoms with E-state index in [0.29, 0.717) is 34.6 Å². The number of hydrogen-bond acceptors (Lipinski definition) is 6. The number of pyridine rings is 1. The van der Waals surface area contributed by atoms with Crippen LogP contribution in [0, 0.1) is 11.8 Å². The van der Waals surface area contributed by atoms with Crippen LogP contribution in [0.3, 0.4) is 0 Å². The van der Waals surface area contributed by atoms with Crippen molar-refractivity contribution in [3.8, 4) is 17.5 Å². The minimum atomic E-state index is -0.569. The number of para-hydroxylation sites is 1. The van der Waals surface area contributed by atoms with Crippen molar-refractivity contribution >= 4 is 28.1 Å². The maximum absolute atomic E-state index is 14.1. The molecule has 1 unspecified atom stereocenters. The Kier molecular flexibility index (Phi) is 7.12. The monoisotopic (exact) mass is 520 g/mol. The van der Waals surface area contributed by atoms with Gasteiger partial charge in [0.05, 0.1) is 11.4 Å². The Bertz CT molecular complexity index is 1800. The number of carbonyl (C=O) groups excluding carboxylic acids is 1. The summed E-state index contributed by atoms with van der Waals surface area (Å²) in [5.41, 5.74) is 8.24. The van der Waals surface area contributed by atoms with Gasteiger partial charge in [0, 0.05) is 35.9 Å². The molecule has 0 saturated carbocycles. The van der Waals surface area contributed by atoms with Crippen molar-refractivity contribution in [2.75, 3.05) is 12.3 Å². The number of anilines is 1. The van der Waals surface area contributed by atoms with Gasteiger partial charge in [-0.3, -0.25) is 14.2 Å². The van der Waals surface area contributed by atoms with E-state index in [1.807, 2.05) is 75.4 Å². The van der Waals surface area contributed by atoms with E-state index in [0.717, 1.165) is 5.39 Å². The molecular weight excluding hydrogens is 492 g/mol. The molecule has 39 heavy (non-hydrogen) atoms. The zero-order chi connectivity index (χ0) is 27.5. The number of hydrogen-bond donors (Lipinski definition) is 2. The van der Waals surface area contributed by atoms with Gasteiger partial charge in [0.1, 0.15) is 11.7 Å². The normalized spacial score (nSPS) is 12.6. The molecule has 196 valence electrons. The Labute approximate surface area is 225 Å². The van der Waals surface area contributed by atoms with Crippen LogP contribution in [0.15, 0.2) is 77.9 Å². The number of nitrogens with one attached hydrogen (secondary N) is 1. The van der Waals surface area contributed by atoms with E-state index in [1.165, 1.54) is 4.52 Å². The molecular formula is C30H28N6O3. The minimum Gasteiger partial charge on any atom is -0.381 e. The number of amides is 1. The number of fused-ring (bicyclic) bond motifs is 2. The number of aromatic nitrogens is 4. The second-order valence-corrected chi connectivity index (χ2v) is 9.03. The number of benzene rings is 2. The van der Waals surface area contributed by atoms with Crippen molar-refractivity contribution < 1.29 is 9.53 Å². The number of ether oxygens (including phenoxy) is 1. The Morgan fingerprint density at radius 3 is 2.69 bits per heavy atom. The van der Waals surface area contributed by atoms with E-state index in [9.17, 15) is 9.59 Å². The quantitative estimate of drug-likeness (QED) is 0.328. The van der Waals surface area contributed by atoms with Gasteiger partial charge in [-0.1, -0.05) is 42.2 Å². The van der Waals surface area contributed by atoms with Crippen LogP contribution in [-0.2, 0) is 4.74 Å². The van der Waals surface area contributed by atoms with Gasteiger partial charge in [0.25, 0.3) is 11.5 Å². The number of nitrogens with two attached hydrogens (primary N) is 1. The first-order valence-corrected chi connectivity index (χ1v) is 12.7. The van der Waals surface area contributed by atoms with Crippen molar-refractivity contribution in [3.05, 3.63) is 100 Å². The highest BCUT2D eigenvalue weighted by molar-refractivity contribution is 6.04. The van der Waals surface area contributed by atoms with E-state index in [1.54, 1.807) is 23.0 Å². The zero-order valence-electron chi connectivity index (χ0n) is 21.9. The molecule has 9 heteroatoms. The van der Waals surface area contributed by atoms with Gasteiger partial charge < -0.3 is 15.8 Å². The van der Waals surface area contributed by atoms with Crippen LogP contribution in [-0.4, -0.2) is 37.8 Å². The van der Waals surface area contributed by atoms with E-state index < -0.39 is 11.9 Å². The molecule has 0 aliphatic rings. The first kappa shape index (κ1) is 25.7. The number of carbonyl (C=O) groups is 1. The Morgan fingerprint density at radius 2 is 1.92 bits per heavy atom. The molecule has 9 nitrogen and oxygen atoms in total. The fourth-order valence-electron chi connectivity index (χ4n) is 4.58. The molecule has 2 aromatic carbocycles. The molecule has 0 bridgehead atoms. The summed E-state index contributed by atoms with van der Waals surface area (Å²) in [5.74, 6) is 5.83. The molecule has 0 saturated heterocycles. The van der Waals surface area contributed by atoms with Gasteiger partial charge in [-0.2, -0.15) is 0 Å². The van der Waals surface area contributed by atoms with Gasteiger partial charge in [-0.15, -0.1) is 5.10 Å². The largest absolute Gasteiger partial charge is 0.381 e. The lowest BCUT2D eigenvalue weighted by Crippen LogP contribution is -2.32. The van der Waals surface area contributed by atoms with Crippen molar-refractivity contribution in [1.82, 2.24) is 24.5 Å². The van der Waals surface area contributed by atoms with Crippen LogP contribution in [0.5, 0.6) is 0 Å².